The number of amides is 2. The Morgan fingerprint density at radius 3 is 2.44 bits per heavy atom. The third-order valence-electron chi connectivity index (χ3n) is 5.78. The molecule has 0 unspecified atom stereocenters. The monoisotopic (exact) mass is 368 g/mol. The third-order valence-corrected chi connectivity index (χ3v) is 5.78. The molecule has 1 aromatic heterocycles. The van der Waals surface area contributed by atoms with Crippen LogP contribution < -0.4 is 9.64 Å². The van der Waals surface area contributed by atoms with Gasteiger partial charge in [-0.15, -0.1) is 0 Å². The number of ether oxygens (including phenoxy) is 1. The number of nitrogens with zero attached hydrogens (tertiary/aromatic N) is 2. The fourth-order valence-corrected chi connectivity index (χ4v) is 4.47. The van der Waals surface area contributed by atoms with Gasteiger partial charge in [-0.3, -0.25) is 9.59 Å². The molecule has 1 aliphatic carbocycles. The molecule has 2 aliphatic rings. The minimum Gasteiger partial charge on any atom is -0.497 e. The van der Waals surface area contributed by atoms with Crippen molar-refractivity contribution in [3.05, 3.63) is 47.9 Å². The molecule has 27 heavy (non-hydrogen) atoms. The molecule has 142 valence electrons. The Labute approximate surface area is 158 Å². The van der Waals surface area contributed by atoms with Crippen LogP contribution in [0.25, 0.3) is 0 Å². The van der Waals surface area contributed by atoms with Crippen LogP contribution in [0.15, 0.2) is 41.0 Å². The van der Waals surface area contributed by atoms with Gasteiger partial charge in [0, 0.05) is 12.2 Å². The van der Waals surface area contributed by atoms with Crippen molar-refractivity contribution in [2.45, 2.75) is 38.1 Å². The predicted molar refractivity (Wildman–Crippen MR) is 101 cm³/mol. The zero-order chi connectivity index (χ0) is 19.0. The maximum atomic E-state index is 13.2. The van der Waals surface area contributed by atoms with Crippen molar-refractivity contribution in [1.82, 2.24) is 4.90 Å². The second-order valence-electron chi connectivity index (χ2n) is 7.41. The van der Waals surface area contributed by atoms with Gasteiger partial charge >= 0.3 is 0 Å². The first kappa shape index (κ1) is 17.6. The van der Waals surface area contributed by atoms with Crippen LogP contribution in [-0.2, 0) is 4.79 Å². The standard InChI is InChI=1S/C21H24N2O4/c1-15-18(9-12-27-15)20(25)22-13-19(24)23(21(14-22)10-3-4-11-21)16-5-7-17(26-2)8-6-16/h5-9,12H,3-4,10-11,13-14H2,1-2H3. The van der Waals surface area contributed by atoms with E-state index in [9.17, 15) is 9.59 Å². The summed E-state index contributed by atoms with van der Waals surface area (Å²) < 4.78 is 10.5. The van der Waals surface area contributed by atoms with Crippen LogP contribution >= 0.6 is 0 Å². The van der Waals surface area contributed by atoms with Gasteiger partial charge < -0.3 is 19.0 Å². The molecule has 0 N–H and O–H groups in total. The van der Waals surface area contributed by atoms with Crippen molar-refractivity contribution in [2.75, 3.05) is 25.1 Å². The minimum atomic E-state index is -0.336. The number of piperazine rings is 1. The van der Waals surface area contributed by atoms with E-state index in [0.29, 0.717) is 17.9 Å². The highest BCUT2D eigenvalue weighted by molar-refractivity contribution is 6.03. The van der Waals surface area contributed by atoms with E-state index in [2.05, 4.69) is 0 Å². The second kappa shape index (κ2) is 6.76. The summed E-state index contributed by atoms with van der Waals surface area (Å²) in [4.78, 5) is 29.7. The van der Waals surface area contributed by atoms with Gasteiger partial charge in [-0.2, -0.15) is 0 Å². The first-order valence-corrected chi connectivity index (χ1v) is 9.34. The van der Waals surface area contributed by atoms with E-state index in [-0.39, 0.29) is 23.9 Å². The van der Waals surface area contributed by atoms with E-state index in [1.165, 1.54) is 6.26 Å². The van der Waals surface area contributed by atoms with Gasteiger partial charge in [0.2, 0.25) is 5.91 Å². The van der Waals surface area contributed by atoms with E-state index < -0.39 is 0 Å². The zero-order valence-electron chi connectivity index (χ0n) is 15.7. The van der Waals surface area contributed by atoms with Crippen molar-refractivity contribution in [3.63, 3.8) is 0 Å². The Morgan fingerprint density at radius 1 is 1.15 bits per heavy atom. The highest BCUT2D eigenvalue weighted by atomic mass is 16.5. The zero-order valence-corrected chi connectivity index (χ0v) is 15.7. The topological polar surface area (TPSA) is 63.0 Å². The maximum absolute atomic E-state index is 13.2. The van der Waals surface area contributed by atoms with Crippen molar-refractivity contribution in [1.29, 1.82) is 0 Å². The molecule has 4 rings (SSSR count). The van der Waals surface area contributed by atoms with Gasteiger partial charge in [0.1, 0.15) is 18.1 Å². The number of aryl methyl sites for hydroxylation is 1. The number of carbonyl (C=O) groups is 2. The average molecular weight is 368 g/mol. The number of furan rings is 1. The Morgan fingerprint density at radius 2 is 1.85 bits per heavy atom. The van der Waals surface area contributed by atoms with Gasteiger partial charge in [0.25, 0.3) is 5.91 Å². The molecule has 0 radical (unpaired) electrons. The molecule has 1 saturated heterocycles. The number of benzene rings is 1. The summed E-state index contributed by atoms with van der Waals surface area (Å²) in [5.74, 6) is 1.18. The Balaban J connectivity index is 1.66. The molecule has 1 spiro atoms. The van der Waals surface area contributed by atoms with Crippen LogP contribution in [0.4, 0.5) is 5.69 Å². The maximum Gasteiger partial charge on any atom is 0.257 e. The summed E-state index contributed by atoms with van der Waals surface area (Å²) in [5.41, 5.74) is 1.07. The Bertz CT molecular complexity index is 849. The molecule has 1 aliphatic heterocycles. The van der Waals surface area contributed by atoms with Crippen molar-refractivity contribution in [2.24, 2.45) is 0 Å². The lowest BCUT2D eigenvalue weighted by atomic mass is 9.90. The Hall–Kier alpha value is -2.76. The van der Waals surface area contributed by atoms with E-state index in [1.54, 1.807) is 25.0 Å². The SMILES string of the molecule is COc1ccc(N2C(=O)CN(C(=O)c3ccoc3C)CC23CCCC3)cc1. The van der Waals surface area contributed by atoms with Crippen LogP contribution in [0.1, 0.15) is 41.8 Å². The van der Waals surface area contributed by atoms with Crippen molar-refractivity contribution in [3.8, 4) is 5.75 Å². The van der Waals surface area contributed by atoms with E-state index in [1.807, 2.05) is 29.2 Å². The lowest BCUT2D eigenvalue weighted by molar-refractivity contribution is -0.123. The molecule has 2 fully saturated rings. The van der Waals surface area contributed by atoms with Crippen molar-refractivity contribution < 1.29 is 18.7 Å². The fraction of sp³-hybridized carbons (Fsp3) is 0.429. The highest BCUT2D eigenvalue weighted by Gasteiger charge is 2.49. The quantitative estimate of drug-likeness (QED) is 0.833. The first-order valence-electron chi connectivity index (χ1n) is 9.34. The molecule has 6 nitrogen and oxygen atoms in total. The number of anilines is 1. The molecule has 2 amide bonds. The van der Waals surface area contributed by atoms with Crippen molar-refractivity contribution >= 4 is 17.5 Å². The number of carbonyl (C=O) groups excluding carboxylic acids is 2. The van der Waals surface area contributed by atoms with Crippen LogP contribution in [0.3, 0.4) is 0 Å². The minimum absolute atomic E-state index is 0.0391. The smallest absolute Gasteiger partial charge is 0.257 e. The van der Waals surface area contributed by atoms with Gasteiger partial charge in [-0.25, -0.2) is 0 Å². The molecule has 1 saturated carbocycles. The summed E-state index contributed by atoms with van der Waals surface area (Å²) in [6.07, 6.45) is 5.45. The largest absolute Gasteiger partial charge is 0.497 e. The second-order valence-corrected chi connectivity index (χ2v) is 7.41. The number of hydrogen-bond acceptors (Lipinski definition) is 4. The summed E-state index contributed by atoms with van der Waals surface area (Å²) in [5, 5.41) is 0. The lowest BCUT2D eigenvalue weighted by Crippen LogP contribution is -2.65. The number of methoxy groups -OCH3 is 1. The molecular formula is C21H24N2O4. The van der Waals surface area contributed by atoms with E-state index in [0.717, 1.165) is 37.1 Å². The van der Waals surface area contributed by atoms with Crippen LogP contribution in [0.2, 0.25) is 0 Å². The van der Waals surface area contributed by atoms with Gasteiger partial charge in [-0.1, -0.05) is 12.8 Å². The van der Waals surface area contributed by atoms with Crippen LogP contribution in [0, 0.1) is 6.92 Å². The van der Waals surface area contributed by atoms with E-state index in [4.69, 9.17) is 9.15 Å². The highest BCUT2D eigenvalue weighted by Crippen LogP contribution is 2.41. The summed E-state index contributed by atoms with van der Waals surface area (Å²) in [6, 6.07) is 9.28. The van der Waals surface area contributed by atoms with Gasteiger partial charge in [-0.05, 0) is 50.1 Å². The molecule has 6 heteroatoms. The molecule has 0 bridgehead atoms. The molecule has 1 aromatic carbocycles. The molecule has 0 atom stereocenters. The lowest BCUT2D eigenvalue weighted by Gasteiger charge is -2.48. The average Bonchev–Trinajstić information content (AvgIpc) is 3.30. The third kappa shape index (κ3) is 2.99. The molecule has 2 aromatic rings. The van der Waals surface area contributed by atoms with Crippen LogP contribution in [-0.4, -0.2) is 42.5 Å². The van der Waals surface area contributed by atoms with Gasteiger partial charge in [0.05, 0.1) is 24.5 Å². The normalized spacial score (nSPS) is 19.0. The number of hydrogen-bond donors (Lipinski definition) is 0. The number of rotatable bonds is 3. The summed E-state index contributed by atoms with van der Waals surface area (Å²) in [6.45, 7) is 2.40. The van der Waals surface area contributed by atoms with Gasteiger partial charge in [0.15, 0.2) is 0 Å². The molecular weight excluding hydrogens is 344 g/mol. The van der Waals surface area contributed by atoms with E-state index >= 15 is 0 Å². The Kier molecular flexibility index (Phi) is 4.42. The summed E-state index contributed by atoms with van der Waals surface area (Å²) >= 11 is 0. The first-order chi connectivity index (χ1) is 13.0. The summed E-state index contributed by atoms with van der Waals surface area (Å²) in [7, 11) is 1.63. The predicted octanol–water partition coefficient (Wildman–Crippen LogP) is 3.40. The van der Waals surface area contributed by atoms with Crippen LogP contribution in [0.5, 0.6) is 5.75 Å². The molecule has 2 heterocycles. The fourth-order valence-electron chi connectivity index (χ4n) is 4.47.